The number of aromatic nitrogens is 2. The molecule has 0 spiro atoms. The Balaban J connectivity index is 1.73. The first-order chi connectivity index (χ1) is 17.2. The quantitative estimate of drug-likeness (QED) is 0.387. The normalized spacial score (nSPS) is 14.7. The number of hydrogen-bond acceptors (Lipinski definition) is 6. The van der Waals surface area contributed by atoms with Gasteiger partial charge in [-0.25, -0.2) is 14.4 Å². The summed E-state index contributed by atoms with van der Waals surface area (Å²) in [6, 6.07) is 7.92. The molecule has 2 N–H and O–H groups in total. The first-order valence-corrected chi connectivity index (χ1v) is 11.9. The monoisotopic (exact) mass is 506 g/mol. The van der Waals surface area contributed by atoms with E-state index in [0.717, 1.165) is 26.2 Å². The minimum atomic E-state index is -0.508. The summed E-state index contributed by atoms with van der Waals surface area (Å²) in [5.74, 6) is 6.28. The summed E-state index contributed by atoms with van der Waals surface area (Å²) in [6.45, 7) is 11.6. The van der Waals surface area contributed by atoms with Gasteiger partial charge in [0.1, 0.15) is 18.0 Å². The highest BCUT2D eigenvalue weighted by Gasteiger charge is 2.27. The number of carbonyl (C=O) groups is 1. The Morgan fingerprint density at radius 3 is 2.64 bits per heavy atom. The number of amides is 1. The number of anilines is 3. The predicted molar refractivity (Wildman–Crippen MR) is 143 cm³/mol. The van der Waals surface area contributed by atoms with E-state index in [9.17, 15) is 9.18 Å². The van der Waals surface area contributed by atoms with E-state index in [2.05, 4.69) is 69.7 Å². The van der Waals surface area contributed by atoms with E-state index >= 15 is 0 Å². The lowest BCUT2D eigenvalue weighted by atomic mass is 10.0. The maximum absolute atomic E-state index is 13.6. The van der Waals surface area contributed by atoms with Crippen LogP contribution < -0.4 is 10.6 Å². The SMILES string of the molecule is C=CC(=O)Nc1cc2c(Nc3ccc(F)c(Cl)c3)ncnc2cc1C#CC(C)(C)N1CCN(C)CC1. The van der Waals surface area contributed by atoms with E-state index in [1.807, 2.05) is 6.07 Å². The van der Waals surface area contributed by atoms with Crippen LogP contribution in [-0.2, 0) is 4.79 Å². The average Bonchev–Trinajstić information content (AvgIpc) is 2.85. The van der Waals surface area contributed by atoms with Crippen LogP contribution in [-0.4, -0.2) is 64.4 Å². The molecule has 0 atom stereocenters. The van der Waals surface area contributed by atoms with Crippen molar-refractivity contribution >= 4 is 45.6 Å². The molecule has 2 aromatic carbocycles. The molecule has 36 heavy (non-hydrogen) atoms. The molecule has 1 fully saturated rings. The number of piperazine rings is 1. The second-order valence-corrected chi connectivity index (χ2v) is 9.59. The smallest absolute Gasteiger partial charge is 0.247 e. The molecule has 186 valence electrons. The average molecular weight is 507 g/mol. The zero-order valence-corrected chi connectivity index (χ0v) is 21.3. The molecule has 0 saturated carbocycles. The van der Waals surface area contributed by atoms with Crippen LogP contribution in [0.25, 0.3) is 10.9 Å². The van der Waals surface area contributed by atoms with E-state index in [-0.39, 0.29) is 16.5 Å². The van der Waals surface area contributed by atoms with Crippen LogP contribution in [0.3, 0.4) is 0 Å². The van der Waals surface area contributed by atoms with Gasteiger partial charge in [0, 0.05) is 37.3 Å². The number of likely N-dealkylation sites (N-methyl/N-ethyl adjacent to an activating group) is 1. The van der Waals surface area contributed by atoms with Crippen molar-refractivity contribution in [3.63, 3.8) is 0 Å². The van der Waals surface area contributed by atoms with E-state index < -0.39 is 5.82 Å². The van der Waals surface area contributed by atoms with Gasteiger partial charge in [-0.3, -0.25) is 9.69 Å². The van der Waals surface area contributed by atoms with Gasteiger partial charge in [-0.1, -0.05) is 30.0 Å². The summed E-state index contributed by atoms with van der Waals surface area (Å²) in [7, 11) is 2.12. The number of rotatable bonds is 5. The summed E-state index contributed by atoms with van der Waals surface area (Å²) in [6.07, 6.45) is 2.64. The van der Waals surface area contributed by atoms with Crippen LogP contribution in [0, 0.1) is 17.7 Å². The summed E-state index contributed by atoms with van der Waals surface area (Å²) in [5.41, 5.74) is 2.00. The van der Waals surface area contributed by atoms with Gasteiger partial charge in [0.2, 0.25) is 5.91 Å². The van der Waals surface area contributed by atoms with E-state index in [1.165, 1.54) is 24.5 Å². The molecule has 7 nitrogen and oxygen atoms in total. The molecule has 1 amide bonds. The molecule has 1 aromatic heterocycles. The number of halogens is 2. The van der Waals surface area contributed by atoms with Crippen molar-refractivity contribution in [2.24, 2.45) is 0 Å². The topological polar surface area (TPSA) is 73.4 Å². The molecule has 1 saturated heterocycles. The zero-order chi connectivity index (χ0) is 25.9. The third-order valence-corrected chi connectivity index (χ3v) is 6.49. The Labute approximate surface area is 215 Å². The second kappa shape index (κ2) is 10.6. The molecule has 0 aliphatic carbocycles. The van der Waals surface area contributed by atoms with Gasteiger partial charge >= 0.3 is 0 Å². The van der Waals surface area contributed by atoms with Gasteiger partial charge in [-0.2, -0.15) is 0 Å². The van der Waals surface area contributed by atoms with Gasteiger partial charge in [-0.05, 0) is 57.3 Å². The summed E-state index contributed by atoms with van der Waals surface area (Å²) in [4.78, 5) is 25.6. The first-order valence-electron chi connectivity index (χ1n) is 11.6. The van der Waals surface area contributed by atoms with Crippen LogP contribution in [0.2, 0.25) is 5.02 Å². The highest BCUT2D eigenvalue weighted by Crippen LogP contribution is 2.30. The number of benzene rings is 2. The lowest BCUT2D eigenvalue weighted by Gasteiger charge is -2.40. The van der Waals surface area contributed by atoms with Crippen molar-refractivity contribution < 1.29 is 9.18 Å². The molecule has 3 aromatic rings. The number of fused-ring (bicyclic) bond motifs is 1. The second-order valence-electron chi connectivity index (χ2n) is 9.18. The van der Waals surface area contributed by atoms with Crippen LogP contribution in [0.15, 0.2) is 49.3 Å². The molecule has 9 heteroatoms. The zero-order valence-electron chi connectivity index (χ0n) is 20.5. The van der Waals surface area contributed by atoms with Crippen LogP contribution in [0.4, 0.5) is 21.6 Å². The molecule has 1 aliphatic rings. The molecular weight excluding hydrogens is 479 g/mol. The Morgan fingerprint density at radius 2 is 1.94 bits per heavy atom. The summed E-state index contributed by atoms with van der Waals surface area (Å²) < 4.78 is 13.6. The molecule has 0 bridgehead atoms. The third kappa shape index (κ3) is 5.82. The maximum Gasteiger partial charge on any atom is 0.247 e. The Hall–Kier alpha value is -3.51. The number of nitrogens with zero attached hydrogens (tertiary/aromatic N) is 4. The fourth-order valence-electron chi connectivity index (χ4n) is 3.97. The van der Waals surface area contributed by atoms with Crippen LogP contribution >= 0.6 is 11.6 Å². The van der Waals surface area contributed by atoms with Crippen molar-refractivity contribution in [2.75, 3.05) is 43.9 Å². The largest absolute Gasteiger partial charge is 0.340 e. The van der Waals surface area contributed by atoms with Crippen molar-refractivity contribution in [3.8, 4) is 11.8 Å². The van der Waals surface area contributed by atoms with Gasteiger partial charge in [0.25, 0.3) is 0 Å². The van der Waals surface area contributed by atoms with Crippen molar-refractivity contribution in [1.29, 1.82) is 0 Å². The highest BCUT2D eigenvalue weighted by atomic mass is 35.5. The van der Waals surface area contributed by atoms with Crippen molar-refractivity contribution in [3.05, 3.63) is 65.7 Å². The Bertz CT molecular complexity index is 1370. The number of nitrogens with one attached hydrogen (secondary N) is 2. The minimum Gasteiger partial charge on any atom is -0.340 e. The van der Waals surface area contributed by atoms with Crippen molar-refractivity contribution in [1.82, 2.24) is 19.8 Å². The lowest BCUT2D eigenvalue weighted by Crippen LogP contribution is -2.53. The van der Waals surface area contributed by atoms with Gasteiger partial charge in [0.05, 0.1) is 27.3 Å². The molecule has 0 radical (unpaired) electrons. The van der Waals surface area contributed by atoms with Crippen LogP contribution in [0.1, 0.15) is 19.4 Å². The fraction of sp³-hybridized carbons (Fsp3) is 0.296. The highest BCUT2D eigenvalue weighted by molar-refractivity contribution is 6.31. The van der Waals surface area contributed by atoms with Gasteiger partial charge in [0.15, 0.2) is 0 Å². The fourth-order valence-corrected chi connectivity index (χ4v) is 4.15. The predicted octanol–water partition coefficient (Wildman–Crippen LogP) is 4.67. The first kappa shape index (κ1) is 25.6. The standard InChI is InChI=1S/C27H28ClFN6O/c1-5-25(36)33-23-16-20-24(30-17-31-26(20)32-19-6-7-22(29)21(28)15-19)14-18(23)8-9-27(2,3)35-12-10-34(4)11-13-35/h5-7,14-17H,1,10-13H2,2-4H3,(H,33,36)(H,30,31,32). The molecular formula is C27H28ClFN6O. The third-order valence-electron chi connectivity index (χ3n) is 6.20. The molecule has 0 unspecified atom stereocenters. The van der Waals surface area contributed by atoms with E-state index in [1.54, 1.807) is 12.1 Å². The lowest BCUT2D eigenvalue weighted by molar-refractivity contribution is -0.111. The Kier molecular flexibility index (Phi) is 7.55. The molecule has 2 heterocycles. The molecule has 1 aliphatic heterocycles. The van der Waals surface area contributed by atoms with E-state index in [0.29, 0.717) is 33.7 Å². The number of hydrogen-bond donors (Lipinski definition) is 2. The molecule has 4 rings (SSSR count). The summed E-state index contributed by atoms with van der Waals surface area (Å²) in [5, 5.41) is 6.65. The minimum absolute atomic E-state index is 0.00202. The van der Waals surface area contributed by atoms with Crippen LogP contribution in [0.5, 0.6) is 0 Å². The number of carbonyl (C=O) groups excluding carboxylic acids is 1. The summed E-state index contributed by atoms with van der Waals surface area (Å²) >= 11 is 5.93. The van der Waals surface area contributed by atoms with E-state index in [4.69, 9.17) is 11.6 Å². The van der Waals surface area contributed by atoms with Gasteiger partial charge in [-0.15, -0.1) is 0 Å². The Morgan fingerprint density at radius 1 is 1.19 bits per heavy atom. The maximum atomic E-state index is 13.6. The van der Waals surface area contributed by atoms with Crippen molar-refractivity contribution in [2.45, 2.75) is 19.4 Å². The van der Waals surface area contributed by atoms with Gasteiger partial charge < -0.3 is 15.5 Å².